The summed E-state index contributed by atoms with van der Waals surface area (Å²) in [5.74, 6) is 0. The second-order valence-corrected chi connectivity index (χ2v) is 17.1. The molecule has 0 spiro atoms. The van der Waals surface area contributed by atoms with E-state index in [0.717, 1.165) is 90.5 Å². The molecule has 334 valence electrons. The maximum Gasteiger partial charge on any atom is 0.0463 e. The minimum absolute atomic E-state index is 1.08. The predicted octanol–water partition coefficient (Wildman–Crippen LogP) is 18.9. The SMILES string of the molecule is c1ccc(N(c2ccccc2)c2ccc(-c3ccc(N(c4ccccc4)c4ccc(-c5ccc(N(c6ccccc6)c6ccc(N(c7ccccc7)c7ccccc7)cc6)cc5)cc4)cc3)cc2)cc1. The van der Waals surface area contributed by atoms with Gasteiger partial charge in [0.15, 0.2) is 0 Å². The topological polar surface area (TPSA) is 13.0 Å². The minimum Gasteiger partial charge on any atom is -0.311 e. The lowest BCUT2D eigenvalue weighted by molar-refractivity contribution is 1.26. The molecule has 0 saturated carbocycles. The van der Waals surface area contributed by atoms with E-state index in [1.165, 1.54) is 0 Å². The van der Waals surface area contributed by atoms with Crippen LogP contribution in [0.25, 0.3) is 22.3 Å². The fourth-order valence-electron chi connectivity index (χ4n) is 9.21. The lowest BCUT2D eigenvalue weighted by Gasteiger charge is -2.28. The van der Waals surface area contributed by atoms with Gasteiger partial charge in [0.2, 0.25) is 0 Å². The Hall–Kier alpha value is -9.38. The Kier molecular flexibility index (Phi) is 12.5. The zero-order valence-corrected chi connectivity index (χ0v) is 38.7. The zero-order chi connectivity index (χ0) is 46.9. The van der Waals surface area contributed by atoms with Crippen LogP contribution in [0.1, 0.15) is 0 Å². The summed E-state index contributed by atoms with van der Waals surface area (Å²) in [6, 6.07) is 108. The predicted molar refractivity (Wildman–Crippen MR) is 296 cm³/mol. The maximum absolute atomic E-state index is 2.32. The molecule has 0 N–H and O–H groups in total. The number of nitrogens with zero attached hydrogens (tertiary/aromatic N) is 4. The number of rotatable bonds is 14. The van der Waals surface area contributed by atoms with E-state index >= 15 is 0 Å². The summed E-state index contributed by atoms with van der Waals surface area (Å²) in [5, 5.41) is 0. The first-order valence-corrected chi connectivity index (χ1v) is 23.8. The Morgan fingerprint density at radius 2 is 0.229 bits per heavy atom. The second-order valence-electron chi connectivity index (χ2n) is 17.1. The first-order valence-electron chi connectivity index (χ1n) is 23.8. The summed E-state index contributed by atoms with van der Waals surface area (Å²) >= 11 is 0. The summed E-state index contributed by atoms with van der Waals surface area (Å²) < 4.78 is 0. The lowest BCUT2D eigenvalue weighted by atomic mass is 10.0. The van der Waals surface area contributed by atoms with Crippen LogP contribution in [-0.2, 0) is 0 Å². The van der Waals surface area contributed by atoms with E-state index in [1.54, 1.807) is 0 Å². The summed E-state index contributed by atoms with van der Waals surface area (Å²) in [5.41, 5.74) is 17.8. The third kappa shape index (κ3) is 9.31. The summed E-state index contributed by atoms with van der Waals surface area (Å²) in [7, 11) is 0. The van der Waals surface area contributed by atoms with Crippen molar-refractivity contribution in [2.45, 2.75) is 0 Å². The van der Waals surface area contributed by atoms with Crippen molar-refractivity contribution in [2.75, 3.05) is 19.6 Å². The highest BCUT2D eigenvalue weighted by molar-refractivity contribution is 5.84. The van der Waals surface area contributed by atoms with Gasteiger partial charge in [0, 0.05) is 68.2 Å². The smallest absolute Gasteiger partial charge is 0.0463 e. The Bertz CT molecular complexity index is 3270. The van der Waals surface area contributed by atoms with Gasteiger partial charge in [-0.05, 0) is 168 Å². The van der Waals surface area contributed by atoms with Crippen LogP contribution in [0.2, 0.25) is 0 Å². The van der Waals surface area contributed by atoms with Gasteiger partial charge in [-0.3, -0.25) is 0 Å². The maximum atomic E-state index is 2.32. The number of anilines is 12. The molecule has 0 heterocycles. The van der Waals surface area contributed by atoms with Gasteiger partial charge in [-0.1, -0.05) is 158 Å². The van der Waals surface area contributed by atoms with Gasteiger partial charge in [-0.15, -0.1) is 0 Å². The van der Waals surface area contributed by atoms with E-state index in [4.69, 9.17) is 0 Å². The molecule has 0 bridgehead atoms. The van der Waals surface area contributed by atoms with Crippen molar-refractivity contribution in [2.24, 2.45) is 0 Å². The average molecular weight is 899 g/mol. The van der Waals surface area contributed by atoms with E-state index in [1.807, 2.05) is 0 Å². The van der Waals surface area contributed by atoms with E-state index in [2.05, 4.69) is 323 Å². The van der Waals surface area contributed by atoms with Gasteiger partial charge in [-0.2, -0.15) is 0 Å². The number of hydrogen-bond donors (Lipinski definition) is 0. The Morgan fingerprint density at radius 1 is 0.114 bits per heavy atom. The summed E-state index contributed by atoms with van der Waals surface area (Å²) in [6.45, 7) is 0. The van der Waals surface area contributed by atoms with Gasteiger partial charge < -0.3 is 19.6 Å². The summed E-state index contributed by atoms with van der Waals surface area (Å²) in [4.78, 5) is 9.21. The number of para-hydroxylation sites is 6. The molecule has 11 rings (SSSR count). The van der Waals surface area contributed by atoms with Crippen molar-refractivity contribution < 1.29 is 0 Å². The van der Waals surface area contributed by atoms with Crippen LogP contribution >= 0.6 is 0 Å². The van der Waals surface area contributed by atoms with Gasteiger partial charge in [0.1, 0.15) is 0 Å². The first kappa shape index (κ1) is 43.2. The molecule has 0 unspecified atom stereocenters. The number of hydrogen-bond acceptors (Lipinski definition) is 4. The average Bonchev–Trinajstić information content (AvgIpc) is 3.44. The molecule has 0 radical (unpaired) electrons. The highest BCUT2D eigenvalue weighted by Gasteiger charge is 2.18. The van der Waals surface area contributed by atoms with Crippen LogP contribution in [-0.4, -0.2) is 0 Å². The first-order chi connectivity index (χ1) is 34.7. The van der Waals surface area contributed by atoms with E-state index < -0.39 is 0 Å². The van der Waals surface area contributed by atoms with Crippen LogP contribution < -0.4 is 19.6 Å². The van der Waals surface area contributed by atoms with Gasteiger partial charge in [0.25, 0.3) is 0 Å². The molecule has 0 aromatic heterocycles. The molecule has 0 amide bonds. The molecule has 0 atom stereocenters. The Balaban J connectivity index is 0.843. The number of benzene rings is 11. The highest BCUT2D eigenvalue weighted by Crippen LogP contribution is 2.41. The zero-order valence-electron chi connectivity index (χ0n) is 38.7. The Morgan fingerprint density at radius 3 is 0.371 bits per heavy atom. The van der Waals surface area contributed by atoms with Crippen molar-refractivity contribution in [3.63, 3.8) is 0 Å². The monoisotopic (exact) mass is 898 g/mol. The molecule has 0 aliphatic carbocycles. The van der Waals surface area contributed by atoms with Crippen LogP contribution in [0.3, 0.4) is 0 Å². The fraction of sp³-hybridized carbons (Fsp3) is 0. The highest BCUT2D eigenvalue weighted by atomic mass is 15.2. The normalized spacial score (nSPS) is 10.9. The van der Waals surface area contributed by atoms with Crippen molar-refractivity contribution in [3.8, 4) is 22.3 Å². The van der Waals surface area contributed by atoms with Crippen molar-refractivity contribution in [1.82, 2.24) is 0 Å². The quantitative estimate of drug-likeness (QED) is 0.108. The molecule has 11 aromatic rings. The lowest BCUT2D eigenvalue weighted by Crippen LogP contribution is -2.12. The minimum atomic E-state index is 1.08. The van der Waals surface area contributed by atoms with E-state index in [9.17, 15) is 0 Å². The standard InChI is InChI=1S/C66H50N4/c1-7-19-55(20-8-1)67(56-21-9-2-10-22-56)61-39-31-51(32-40-61)52-33-41-62(42-34-52)69(59-27-15-5-16-28-59)63-43-35-53(36-44-63)54-37-45-64(46-38-54)70(60-29-17-6-18-30-60)66-49-47-65(48-50-66)68(57-23-11-3-12-24-57)58-25-13-4-14-26-58/h1-50H. The second kappa shape index (κ2) is 20.2. The van der Waals surface area contributed by atoms with Crippen molar-refractivity contribution in [3.05, 3.63) is 303 Å². The molecule has 0 aliphatic heterocycles. The molecule has 11 aromatic carbocycles. The van der Waals surface area contributed by atoms with Crippen LogP contribution in [0.4, 0.5) is 68.2 Å². The van der Waals surface area contributed by atoms with Crippen LogP contribution in [0.5, 0.6) is 0 Å². The molecule has 0 aliphatic rings. The molecular weight excluding hydrogens is 849 g/mol. The van der Waals surface area contributed by atoms with Crippen molar-refractivity contribution >= 4 is 68.2 Å². The molecule has 70 heavy (non-hydrogen) atoms. The van der Waals surface area contributed by atoms with E-state index in [-0.39, 0.29) is 0 Å². The fourth-order valence-corrected chi connectivity index (χ4v) is 9.21. The van der Waals surface area contributed by atoms with Crippen molar-refractivity contribution in [1.29, 1.82) is 0 Å². The van der Waals surface area contributed by atoms with Gasteiger partial charge in [-0.25, -0.2) is 0 Å². The van der Waals surface area contributed by atoms with E-state index in [0.29, 0.717) is 0 Å². The third-order valence-electron chi connectivity index (χ3n) is 12.6. The molecule has 4 nitrogen and oxygen atoms in total. The third-order valence-corrected chi connectivity index (χ3v) is 12.6. The molecular formula is C66H50N4. The largest absolute Gasteiger partial charge is 0.311 e. The van der Waals surface area contributed by atoms with Crippen LogP contribution in [0, 0.1) is 0 Å². The van der Waals surface area contributed by atoms with Gasteiger partial charge in [0.05, 0.1) is 0 Å². The molecule has 0 fully saturated rings. The molecule has 0 saturated heterocycles. The van der Waals surface area contributed by atoms with Crippen LogP contribution in [0.15, 0.2) is 303 Å². The van der Waals surface area contributed by atoms with Gasteiger partial charge >= 0.3 is 0 Å². The Labute approximate surface area is 411 Å². The summed E-state index contributed by atoms with van der Waals surface area (Å²) in [6.07, 6.45) is 0. The molecule has 4 heteroatoms.